The van der Waals surface area contributed by atoms with Crippen LogP contribution in [-0.4, -0.2) is 42.8 Å². The Bertz CT molecular complexity index is 1530. The zero-order chi connectivity index (χ0) is 32.0. The van der Waals surface area contributed by atoms with Crippen molar-refractivity contribution in [3.05, 3.63) is 98.4 Å². The quantitative estimate of drug-likeness (QED) is 0.122. The molecule has 0 spiro atoms. The lowest BCUT2D eigenvalue weighted by Gasteiger charge is -2.36. The molecular weight excluding hydrogens is 731 g/mol. The van der Waals surface area contributed by atoms with E-state index in [1.165, 1.54) is 31.2 Å². The van der Waals surface area contributed by atoms with Gasteiger partial charge in [0.05, 0.1) is 29.7 Å². The van der Waals surface area contributed by atoms with Gasteiger partial charge in [-0.05, 0) is 61.4 Å². The number of aliphatic carboxylic acids is 2. The van der Waals surface area contributed by atoms with Crippen molar-refractivity contribution in [1.29, 1.82) is 0 Å². The molecule has 0 aliphatic heterocycles. The van der Waals surface area contributed by atoms with E-state index < -0.39 is 53.3 Å². The van der Waals surface area contributed by atoms with Gasteiger partial charge in [0.1, 0.15) is 0 Å². The zero-order valence-corrected chi connectivity index (χ0v) is 28.4. The summed E-state index contributed by atoms with van der Waals surface area (Å²) in [5, 5.41) is 20.3. The van der Waals surface area contributed by atoms with Gasteiger partial charge in [-0.1, -0.05) is 80.7 Å². The second-order valence-corrected chi connectivity index (χ2v) is 15.7. The Labute approximate surface area is 267 Å². The highest BCUT2D eigenvalue weighted by atomic mass is 79.9. The molecule has 0 amide bonds. The normalized spacial score (nSPS) is 14.9. The van der Waals surface area contributed by atoms with Gasteiger partial charge in [0.2, 0.25) is 0 Å². The van der Waals surface area contributed by atoms with E-state index in [1.54, 1.807) is 55.5 Å². The highest BCUT2D eigenvalue weighted by Crippen LogP contribution is 2.56. The first-order valence-electron chi connectivity index (χ1n) is 12.9. The van der Waals surface area contributed by atoms with Gasteiger partial charge in [0, 0.05) is 14.9 Å². The number of benzene rings is 3. The summed E-state index contributed by atoms with van der Waals surface area (Å²) >= 11 is 6.67. The number of rotatable bonds is 15. The van der Waals surface area contributed by atoms with Gasteiger partial charge < -0.3 is 19.3 Å². The fourth-order valence-corrected chi connectivity index (χ4v) is 7.82. The summed E-state index contributed by atoms with van der Waals surface area (Å²) in [6, 6.07) is 19.4. The third-order valence-electron chi connectivity index (χ3n) is 6.94. The van der Waals surface area contributed by atoms with Crippen molar-refractivity contribution in [3.63, 3.8) is 0 Å². The second-order valence-electron chi connectivity index (χ2n) is 10.2. The standard InChI is InChI=1S/C29H31Br2O10PS/c1-19-4-14-25(15-5-19)43(37,38)41-26(27(32)33)20(2)29(3,28(34)35)18-42(36,39-16-21-6-10-23(30)11-7-21)40-17-22-8-12-24(31)13-9-22/h4-15,20,26H,16-18H2,1-3H3,(H,32,33)(H,34,35)/t20?,26-,29-/m0/s1. The monoisotopic (exact) mass is 760 g/mol. The van der Waals surface area contributed by atoms with Crippen LogP contribution in [0.2, 0.25) is 0 Å². The average Bonchev–Trinajstić information content (AvgIpc) is 2.95. The third kappa shape index (κ3) is 9.55. The lowest BCUT2D eigenvalue weighted by molar-refractivity contribution is -0.158. The number of carboxylic acids is 2. The molecule has 14 heteroatoms. The van der Waals surface area contributed by atoms with Crippen LogP contribution in [0.4, 0.5) is 0 Å². The van der Waals surface area contributed by atoms with Gasteiger partial charge in [0.25, 0.3) is 10.1 Å². The molecule has 0 aromatic heterocycles. The van der Waals surface area contributed by atoms with Gasteiger partial charge in [-0.3, -0.25) is 13.5 Å². The molecule has 0 aliphatic carbocycles. The highest BCUT2D eigenvalue weighted by Gasteiger charge is 2.52. The van der Waals surface area contributed by atoms with Gasteiger partial charge in [-0.25, -0.2) is 4.79 Å². The van der Waals surface area contributed by atoms with Crippen molar-refractivity contribution in [2.45, 2.75) is 45.0 Å². The minimum Gasteiger partial charge on any atom is -0.481 e. The summed E-state index contributed by atoms with van der Waals surface area (Å²) in [7, 11) is -8.90. The first-order chi connectivity index (χ1) is 20.0. The lowest BCUT2D eigenvalue weighted by atomic mass is 9.76. The van der Waals surface area contributed by atoms with Crippen molar-refractivity contribution in [1.82, 2.24) is 0 Å². The first-order valence-corrected chi connectivity index (χ1v) is 17.6. The second kappa shape index (κ2) is 14.6. The topological polar surface area (TPSA) is 154 Å². The Morgan fingerprint density at radius 2 is 1.30 bits per heavy atom. The minimum absolute atomic E-state index is 0.199. The van der Waals surface area contributed by atoms with Crippen molar-refractivity contribution in [2.24, 2.45) is 11.3 Å². The molecular formula is C29H31Br2O10PS. The highest BCUT2D eigenvalue weighted by molar-refractivity contribution is 9.10. The van der Waals surface area contributed by atoms with Crippen LogP contribution >= 0.6 is 39.5 Å². The molecule has 10 nitrogen and oxygen atoms in total. The Kier molecular flexibility index (Phi) is 11.9. The van der Waals surface area contributed by atoms with E-state index in [0.29, 0.717) is 11.1 Å². The van der Waals surface area contributed by atoms with E-state index in [4.69, 9.17) is 13.2 Å². The predicted molar refractivity (Wildman–Crippen MR) is 166 cm³/mol. The Balaban J connectivity index is 1.94. The number of carbonyl (C=O) groups is 2. The maximum absolute atomic E-state index is 14.2. The van der Waals surface area contributed by atoms with Crippen LogP contribution in [0, 0.1) is 18.3 Å². The molecule has 1 unspecified atom stereocenters. The Morgan fingerprint density at radius 3 is 1.70 bits per heavy atom. The summed E-state index contributed by atoms with van der Waals surface area (Å²) in [6.07, 6.45) is -2.92. The molecule has 43 heavy (non-hydrogen) atoms. The van der Waals surface area contributed by atoms with Crippen LogP contribution in [0.1, 0.15) is 30.5 Å². The Hall–Kier alpha value is -2.38. The number of carboxylic acid groups (broad SMARTS) is 2. The summed E-state index contributed by atoms with van der Waals surface area (Å²) < 4.78 is 58.4. The average molecular weight is 762 g/mol. The minimum atomic E-state index is -4.61. The van der Waals surface area contributed by atoms with Gasteiger partial charge in [0.15, 0.2) is 6.10 Å². The molecule has 0 heterocycles. The van der Waals surface area contributed by atoms with E-state index in [2.05, 4.69) is 31.9 Å². The van der Waals surface area contributed by atoms with E-state index in [9.17, 15) is 32.8 Å². The van der Waals surface area contributed by atoms with E-state index in [1.807, 2.05) is 0 Å². The third-order valence-corrected chi connectivity index (χ3v) is 11.4. The molecule has 0 saturated carbocycles. The van der Waals surface area contributed by atoms with E-state index >= 15 is 0 Å². The summed E-state index contributed by atoms with van der Waals surface area (Å²) in [5.74, 6) is -4.78. The van der Waals surface area contributed by atoms with Crippen molar-refractivity contribution in [3.8, 4) is 0 Å². The maximum atomic E-state index is 14.2. The molecule has 0 saturated heterocycles. The number of hydrogen-bond acceptors (Lipinski definition) is 8. The summed E-state index contributed by atoms with van der Waals surface area (Å²) in [6.45, 7) is 3.72. The molecule has 3 aromatic rings. The van der Waals surface area contributed by atoms with Gasteiger partial charge >= 0.3 is 19.5 Å². The van der Waals surface area contributed by atoms with E-state index in [0.717, 1.165) is 21.4 Å². The number of aryl methyl sites for hydroxylation is 1. The largest absolute Gasteiger partial charge is 0.481 e. The molecule has 0 fully saturated rings. The van der Waals surface area contributed by atoms with Gasteiger partial charge in [-0.2, -0.15) is 8.42 Å². The molecule has 2 N–H and O–H groups in total. The van der Waals surface area contributed by atoms with Crippen molar-refractivity contribution in [2.75, 3.05) is 6.16 Å². The van der Waals surface area contributed by atoms with Crippen molar-refractivity contribution >= 4 is 61.5 Å². The number of hydrogen-bond donors (Lipinski definition) is 2. The molecule has 0 bridgehead atoms. The lowest BCUT2D eigenvalue weighted by Crippen LogP contribution is -2.47. The van der Waals surface area contributed by atoms with Crippen LogP contribution in [0.25, 0.3) is 0 Å². The Morgan fingerprint density at radius 1 is 0.860 bits per heavy atom. The molecule has 232 valence electrons. The van der Waals surface area contributed by atoms with Crippen LogP contribution < -0.4 is 0 Å². The SMILES string of the molecule is Cc1ccc(S(=O)(=O)O[C@H](C(=O)O)C(C)[C@](C)(CP(=O)(OCc2ccc(Br)cc2)OCc2ccc(Br)cc2)C(=O)O)cc1. The fraction of sp³-hybridized carbons (Fsp3) is 0.310. The maximum Gasteiger partial charge on any atom is 0.334 e. The molecule has 0 radical (unpaired) electrons. The smallest absolute Gasteiger partial charge is 0.334 e. The molecule has 0 aliphatic rings. The molecule has 3 atom stereocenters. The summed E-state index contributed by atoms with van der Waals surface area (Å²) in [5.41, 5.74) is -0.128. The van der Waals surface area contributed by atoms with Crippen molar-refractivity contribution < 1.29 is 46.0 Å². The van der Waals surface area contributed by atoms with Crippen LogP contribution in [0.5, 0.6) is 0 Å². The fourth-order valence-electron chi connectivity index (χ4n) is 4.01. The van der Waals surface area contributed by atoms with Gasteiger partial charge in [-0.15, -0.1) is 0 Å². The van der Waals surface area contributed by atoms with Crippen LogP contribution in [0.15, 0.2) is 86.6 Å². The predicted octanol–water partition coefficient (Wildman–Crippen LogP) is 7.03. The first kappa shape index (κ1) is 35.1. The van der Waals surface area contributed by atoms with E-state index in [-0.39, 0.29) is 18.1 Å². The number of halogens is 2. The summed E-state index contributed by atoms with van der Waals surface area (Å²) in [4.78, 5) is 24.7. The van der Waals surface area contributed by atoms with Crippen LogP contribution in [0.3, 0.4) is 0 Å². The molecule has 3 rings (SSSR count). The zero-order valence-electron chi connectivity index (χ0n) is 23.5. The molecule has 3 aromatic carbocycles. The van der Waals surface area contributed by atoms with Crippen LogP contribution in [-0.2, 0) is 50.7 Å².